The molecule has 0 aliphatic heterocycles. The normalized spacial score (nSPS) is 19.4. The summed E-state index contributed by atoms with van der Waals surface area (Å²) in [6.07, 6.45) is -0.337. The van der Waals surface area contributed by atoms with E-state index in [4.69, 9.17) is 9.15 Å². The zero-order valence-electron chi connectivity index (χ0n) is 17.5. The first-order chi connectivity index (χ1) is 14.4. The van der Waals surface area contributed by atoms with Crippen LogP contribution in [0, 0.1) is 5.92 Å². The van der Waals surface area contributed by atoms with E-state index in [1.165, 1.54) is 0 Å². The number of benzene rings is 1. The van der Waals surface area contributed by atoms with Crippen LogP contribution in [-0.4, -0.2) is 31.8 Å². The maximum atomic E-state index is 13.1. The summed E-state index contributed by atoms with van der Waals surface area (Å²) in [4.78, 5) is 4.59. The van der Waals surface area contributed by atoms with Crippen LogP contribution in [0.3, 0.4) is 0 Å². The van der Waals surface area contributed by atoms with Crippen molar-refractivity contribution >= 4 is 29.9 Å². The summed E-state index contributed by atoms with van der Waals surface area (Å²) >= 11 is 0. The molecular weight excluding hydrogens is 522 g/mol. The van der Waals surface area contributed by atoms with Crippen LogP contribution in [0.25, 0.3) is 0 Å². The van der Waals surface area contributed by atoms with Crippen molar-refractivity contribution in [3.05, 3.63) is 54.0 Å². The number of alkyl halides is 3. The van der Waals surface area contributed by atoms with Gasteiger partial charge >= 0.3 is 6.18 Å². The number of ether oxygens (including phenoxy) is 1. The molecule has 1 aromatic carbocycles. The lowest BCUT2D eigenvalue weighted by Crippen LogP contribution is -2.47. The molecule has 3 rings (SSSR count). The molecular formula is C22H29F3IN3O2. The summed E-state index contributed by atoms with van der Waals surface area (Å²) < 4.78 is 49.9. The predicted octanol–water partition coefficient (Wildman–Crippen LogP) is 5.31. The number of hydrogen-bond acceptors (Lipinski definition) is 3. The Hall–Kier alpha value is -1.91. The van der Waals surface area contributed by atoms with Gasteiger partial charge in [-0.1, -0.05) is 18.6 Å². The van der Waals surface area contributed by atoms with Crippen LogP contribution in [0.15, 0.2) is 52.1 Å². The molecule has 0 amide bonds. The number of furan rings is 1. The van der Waals surface area contributed by atoms with Gasteiger partial charge in [-0.2, -0.15) is 13.2 Å². The van der Waals surface area contributed by atoms with Gasteiger partial charge < -0.3 is 19.8 Å². The topological polar surface area (TPSA) is 58.8 Å². The number of hydrogen-bond donors (Lipinski definition) is 2. The highest BCUT2D eigenvalue weighted by Gasteiger charge is 2.42. The average molecular weight is 551 g/mol. The molecule has 1 aliphatic carbocycles. The lowest BCUT2D eigenvalue weighted by atomic mass is 9.85. The first-order valence-electron chi connectivity index (χ1n) is 10.2. The van der Waals surface area contributed by atoms with E-state index < -0.39 is 12.1 Å². The smallest absolute Gasteiger partial charge is 0.391 e. The van der Waals surface area contributed by atoms with E-state index in [2.05, 4.69) is 15.6 Å². The van der Waals surface area contributed by atoms with Gasteiger partial charge in [-0.3, -0.25) is 0 Å². The van der Waals surface area contributed by atoms with Gasteiger partial charge in [-0.15, -0.1) is 24.0 Å². The van der Waals surface area contributed by atoms with E-state index in [1.54, 1.807) is 13.4 Å². The fourth-order valence-electron chi connectivity index (χ4n) is 3.62. The molecule has 0 bridgehead atoms. The second-order valence-corrected chi connectivity index (χ2v) is 7.52. The molecule has 1 heterocycles. The van der Waals surface area contributed by atoms with Gasteiger partial charge in [0.25, 0.3) is 0 Å². The van der Waals surface area contributed by atoms with E-state index >= 15 is 0 Å². The number of aliphatic imine (C=N–C) groups is 1. The molecule has 0 spiro atoms. The van der Waals surface area contributed by atoms with Crippen molar-refractivity contribution in [2.24, 2.45) is 10.9 Å². The largest absolute Gasteiger partial charge is 0.497 e. The van der Waals surface area contributed by atoms with Gasteiger partial charge in [-0.25, -0.2) is 4.99 Å². The number of nitrogens with zero attached hydrogens (tertiary/aromatic N) is 1. The molecule has 0 saturated heterocycles. The van der Waals surface area contributed by atoms with Crippen LogP contribution in [-0.2, 0) is 13.0 Å². The van der Waals surface area contributed by atoms with Crippen LogP contribution in [0.4, 0.5) is 13.2 Å². The maximum absolute atomic E-state index is 13.1. The first kappa shape index (κ1) is 25.4. The minimum Gasteiger partial charge on any atom is -0.497 e. The Morgan fingerprint density at radius 2 is 1.97 bits per heavy atom. The quantitative estimate of drug-likeness (QED) is 0.279. The van der Waals surface area contributed by atoms with Crippen molar-refractivity contribution in [1.29, 1.82) is 0 Å². The van der Waals surface area contributed by atoms with Crippen molar-refractivity contribution < 1.29 is 22.3 Å². The van der Waals surface area contributed by atoms with Crippen LogP contribution in [0.5, 0.6) is 5.75 Å². The van der Waals surface area contributed by atoms with Crippen molar-refractivity contribution in [3.8, 4) is 5.75 Å². The Bertz CT molecular complexity index is 795. The summed E-state index contributed by atoms with van der Waals surface area (Å²) in [6.45, 7) is 0.979. The first-order valence-corrected chi connectivity index (χ1v) is 10.2. The third kappa shape index (κ3) is 8.27. The third-order valence-electron chi connectivity index (χ3n) is 5.30. The van der Waals surface area contributed by atoms with Crippen molar-refractivity contribution in [2.75, 3.05) is 13.7 Å². The van der Waals surface area contributed by atoms with Crippen LogP contribution >= 0.6 is 24.0 Å². The van der Waals surface area contributed by atoms with Crippen molar-refractivity contribution in [3.63, 3.8) is 0 Å². The second-order valence-electron chi connectivity index (χ2n) is 7.52. The Morgan fingerprint density at radius 1 is 1.19 bits per heavy atom. The predicted molar refractivity (Wildman–Crippen MR) is 125 cm³/mol. The lowest BCUT2D eigenvalue weighted by molar-refractivity contribution is -0.183. The zero-order valence-corrected chi connectivity index (χ0v) is 19.8. The van der Waals surface area contributed by atoms with E-state index in [0.717, 1.165) is 17.1 Å². The maximum Gasteiger partial charge on any atom is 0.391 e. The Balaban J connectivity index is 0.00000341. The number of halogens is 4. The average Bonchev–Trinajstić information content (AvgIpc) is 3.25. The molecule has 172 valence electrons. The summed E-state index contributed by atoms with van der Waals surface area (Å²) in [7, 11) is 1.61. The summed E-state index contributed by atoms with van der Waals surface area (Å²) in [5, 5.41) is 6.44. The van der Waals surface area contributed by atoms with E-state index in [9.17, 15) is 13.2 Å². The van der Waals surface area contributed by atoms with E-state index in [-0.39, 0.29) is 42.9 Å². The summed E-state index contributed by atoms with van der Waals surface area (Å²) in [6, 6.07) is 11.0. The molecule has 1 fully saturated rings. The molecule has 1 aliphatic rings. The minimum atomic E-state index is -4.15. The summed E-state index contributed by atoms with van der Waals surface area (Å²) in [5.74, 6) is 0.866. The fraction of sp³-hybridized carbons (Fsp3) is 0.500. The number of guanidine groups is 1. The van der Waals surface area contributed by atoms with Gasteiger partial charge in [0.15, 0.2) is 5.96 Å². The Morgan fingerprint density at radius 3 is 2.61 bits per heavy atom. The molecule has 1 saturated carbocycles. The zero-order chi connectivity index (χ0) is 21.4. The molecule has 1 aromatic heterocycles. The SMILES string of the molecule is COc1ccc(CN=C(NCCc2ccco2)NC2CCCC(C(F)(F)F)C2)cc1.I. The van der Waals surface area contributed by atoms with E-state index in [1.807, 2.05) is 36.4 Å². The highest BCUT2D eigenvalue weighted by atomic mass is 127. The second kappa shape index (κ2) is 12.2. The molecule has 2 atom stereocenters. The highest BCUT2D eigenvalue weighted by Crippen LogP contribution is 2.37. The third-order valence-corrected chi connectivity index (χ3v) is 5.30. The number of methoxy groups -OCH3 is 1. The highest BCUT2D eigenvalue weighted by molar-refractivity contribution is 14.0. The standard InChI is InChI=1S/C22H28F3N3O2.HI/c1-29-19-9-7-16(8-10-19)15-27-21(26-12-11-20-6-3-13-30-20)28-18-5-2-4-17(14-18)22(23,24)25;/h3,6-10,13,17-18H,2,4-5,11-12,14-15H2,1H3,(H2,26,27,28);1H. The van der Waals surface area contributed by atoms with Crippen LogP contribution in [0.2, 0.25) is 0 Å². The van der Waals surface area contributed by atoms with Crippen molar-refractivity contribution in [1.82, 2.24) is 10.6 Å². The van der Waals surface area contributed by atoms with Crippen molar-refractivity contribution in [2.45, 2.75) is 50.9 Å². The molecule has 5 nitrogen and oxygen atoms in total. The molecule has 2 unspecified atom stereocenters. The van der Waals surface area contributed by atoms with Gasteiger partial charge in [-0.05, 0) is 49.1 Å². The van der Waals surface area contributed by atoms with Gasteiger partial charge in [0.2, 0.25) is 0 Å². The summed E-state index contributed by atoms with van der Waals surface area (Å²) in [5.41, 5.74) is 0.986. The van der Waals surface area contributed by atoms with Gasteiger partial charge in [0.05, 0.1) is 25.8 Å². The Kier molecular flexibility index (Phi) is 9.98. The molecule has 31 heavy (non-hydrogen) atoms. The molecule has 0 radical (unpaired) electrons. The number of rotatable bonds is 7. The monoisotopic (exact) mass is 551 g/mol. The van der Waals surface area contributed by atoms with Gasteiger partial charge in [0.1, 0.15) is 11.5 Å². The molecule has 2 aromatic rings. The molecule has 2 N–H and O–H groups in total. The van der Waals surface area contributed by atoms with E-state index in [0.29, 0.717) is 38.3 Å². The fourth-order valence-corrected chi connectivity index (χ4v) is 3.62. The van der Waals surface area contributed by atoms with Crippen LogP contribution < -0.4 is 15.4 Å². The molecule has 9 heteroatoms. The lowest BCUT2D eigenvalue weighted by Gasteiger charge is -2.32. The van der Waals surface area contributed by atoms with Gasteiger partial charge in [0, 0.05) is 19.0 Å². The Labute approximate surface area is 197 Å². The minimum absolute atomic E-state index is 0. The van der Waals surface area contributed by atoms with Crippen LogP contribution in [0.1, 0.15) is 37.0 Å². The number of nitrogens with one attached hydrogen (secondary N) is 2.